The van der Waals surface area contributed by atoms with Crippen LogP contribution in [0.2, 0.25) is 0 Å². The zero-order valence-corrected chi connectivity index (χ0v) is 10.8. The third kappa shape index (κ3) is 8.15. The Labute approximate surface area is 94.3 Å². The Hall–Kier alpha value is 0.310. The van der Waals surface area contributed by atoms with E-state index in [2.05, 4.69) is 13.8 Å². The zero-order chi connectivity index (χ0) is 11.7. The van der Waals surface area contributed by atoms with Crippen LogP contribution in [0.4, 0.5) is 0 Å². The molecule has 3 N–H and O–H groups in total. The molecule has 4 heteroatoms. The van der Waals surface area contributed by atoms with Crippen molar-refractivity contribution in [3.8, 4) is 0 Å². The molecular weight excluding hydrogens is 211 g/mol. The van der Waals surface area contributed by atoms with Gasteiger partial charge in [-0.3, -0.25) is 0 Å². The monoisotopic (exact) mass is 236 g/mol. The van der Waals surface area contributed by atoms with E-state index in [1.807, 2.05) is 0 Å². The van der Waals surface area contributed by atoms with E-state index in [4.69, 9.17) is 15.3 Å². The second kappa shape index (κ2) is 9.53. The lowest BCUT2D eigenvalue weighted by atomic mass is 10.2. The van der Waals surface area contributed by atoms with Crippen molar-refractivity contribution in [2.24, 2.45) is 11.8 Å². The first-order valence-electron chi connectivity index (χ1n) is 5.69. The third-order valence-corrected chi connectivity index (χ3v) is 5.62. The average molecular weight is 236 g/mol. The van der Waals surface area contributed by atoms with Crippen LogP contribution in [0.3, 0.4) is 0 Å². The minimum atomic E-state index is -0.137. The molecule has 15 heavy (non-hydrogen) atoms. The Kier molecular flexibility index (Phi) is 9.73. The van der Waals surface area contributed by atoms with Crippen molar-refractivity contribution in [2.45, 2.75) is 20.3 Å². The molecule has 0 amide bonds. The third-order valence-electron chi connectivity index (χ3n) is 2.40. The van der Waals surface area contributed by atoms with Gasteiger partial charge in [0.05, 0.1) is 0 Å². The average Bonchev–Trinajstić information content (AvgIpc) is 2.25. The highest BCUT2D eigenvalue weighted by Crippen LogP contribution is 2.40. The summed E-state index contributed by atoms with van der Waals surface area (Å²) in [6.07, 6.45) is 4.01. The normalized spacial score (nSPS) is 17.4. The molecule has 0 aliphatic rings. The van der Waals surface area contributed by atoms with Crippen LogP contribution in [0.25, 0.3) is 0 Å². The summed E-state index contributed by atoms with van der Waals surface area (Å²) in [6.45, 7) is 4.84. The van der Waals surface area contributed by atoms with Crippen molar-refractivity contribution >= 4 is 7.92 Å². The maximum atomic E-state index is 9.01. The first-order chi connectivity index (χ1) is 7.13. The molecule has 0 saturated heterocycles. The summed E-state index contributed by atoms with van der Waals surface area (Å²) in [4.78, 5) is 0. The quantitative estimate of drug-likeness (QED) is 0.525. The molecule has 0 rings (SSSR count). The summed E-state index contributed by atoms with van der Waals surface area (Å²) < 4.78 is 0. The molecule has 0 radical (unpaired) electrons. The SMILES string of the molecule is CC(CO)CP(CCCO)CC(C)CO. The van der Waals surface area contributed by atoms with E-state index >= 15 is 0 Å². The highest BCUT2D eigenvalue weighted by atomic mass is 31.1. The van der Waals surface area contributed by atoms with Gasteiger partial charge < -0.3 is 15.3 Å². The van der Waals surface area contributed by atoms with Gasteiger partial charge in [-0.2, -0.15) is 0 Å². The number of aliphatic hydroxyl groups is 3. The van der Waals surface area contributed by atoms with E-state index in [-0.39, 0.29) is 27.7 Å². The minimum Gasteiger partial charge on any atom is -0.396 e. The van der Waals surface area contributed by atoms with Crippen molar-refractivity contribution in [1.29, 1.82) is 0 Å². The zero-order valence-electron chi connectivity index (χ0n) is 9.89. The molecule has 3 nitrogen and oxygen atoms in total. The van der Waals surface area contributed by atoms with Crippen LogP contribution in [-0.4, -0.2) is 53.6 Å². The van der Waals surface area contributed by atoms with Gasteiger partial charge in [-0.15, -0.1) is 7.92 Å². The maximum absolute atomic E-state index is 9.01. The van der Waals surface area contributed by atoms with Crippen molar-refractivity contribution in [3.63, 3.8) is 0 Å². The van der Waals surface area contributed by atoms with Gasteiger partial charge >= 0.3 is 0 Å². The fourth-order valence-electron chi connectivity index (χ4n) is 1.55. The Morgan fingerprint density at radius 2 is 1.40 bits per heavy atom. The molecule has 0 aliphatic heterocycles. The lowest BCUT2D eigenvalue weighted by Crippen LogP contribution is -2.13. The molecule has 0 aromatic heterocycles. The molecule has 0 aromatic rings. The van der Waals surface area contributed by atoms with Gasteiger partial charge in [0.15, 0.2) is 0 Å². The highest BCUT2D eigenvalue weighted by molar-refractivity contribution is 7.57. The molecular formula is C11H25O3P. The number of hydrogen-bond donors (Lipinski definition) is 3. The molecule has 0 spiro atoms. The van der Waals surface area contributed by atoms with Crippen LogP contribution in [-0.2, 0) is 0 Å². The van der Waals surface area contributed by atoms with Crippen molar-refractivity contribution in [2.75, 3.05) is 38.3 Å². The van der Waals surface area contributed by atoms with Gasteiger partial charge in [-0.05, 0) is 36.7 Å². The molecule has 92 valence electrons. The summed E-state index contributed by atoms with van der Waals surface area (Å²) in [5, 5.41) is 26.8. The topological polar surface area (TPSA) is 60.7 Å². The van der Waals surface area contributed by atoms with E-state index in [1.54, 1.807) is 0 Å². The van der Waals surface area contributed by atoms with E-state index < -0.39 is 0 Å². The number of aliphatic hydroxyl groups excluding tert-OH is 3. The van der Waals surface area contributed by atoms with Crippen LogP contribution in [0.15, 0.2) is 0 Å². The van der Waals surface area contributed by atoms with Crippen LogP contribution >= 0.6 is 7.92 Å². The summed E-state index contributed by atoms with van der Waals surface area (Å²) >= 11 is 0. The van der Waals surface area contributed by atoms with E-state index in [0.717, 1.165) is 24.9 Å². The first kappa shape index (κ1) is 15.3. The lowest BCUT2D eigenvalue weighted by Gasteiger charge is -2.23. The van der Waals surface area contributed by atoms with E-state index in [9.17, 15) is 0 Å². The first-order valence-corrected chi connectivity index (χ1v) is 7.58. The van der Waals surface area contributed by atoms with Crippen LogP contribution in [0.5, 0.6) is 0 Å². The summed E-state index contributed by atoms with van der Waals surface area (Å²) in [7, 11) is -0.137. The van der Waals surface area contributed by atoms with Gasteiger partial charge in [0, 0.05) is 19.8 Å². The number of hydrogen-bond acceptors (Lipinski definition) is 3. The second-order valence-corrected chi connectivity index (χ2v) is 6.93. The van der Waals surface area contributed by atoms with E-state index in [1.165, 1.54) is 0 Å². The number of rotatable bonds is 9. The second-order valence-electron chi connectivity index (χ2n) is 4.41. The fourth-order valence-corrected chi connectivity index (χ4v) is 4.65. The summed E-state index contributed by atoms with van der Waals surface area (Å²) in [6, 6.07) is 0. The molecule has 0 aliphatic carbocycles. The molecule has 0 fully saturated rings. The minimum absolute atomic E-state index is 0.137. The Bertz CT molecular complexity index is 132. The van der Waals surface area contributed by atoms with Gasteiger partial charge in [0.2, 0.25) is 0 Å². The smallest absolute Gasteiger partial charge is 0.0459 e. The summed E-state index contributed by atoms with van der Waals surface area (Å²) in [5.41, 5.74) is 0. The molecule has 0 heterocycles. The van der Waals surface area contributed by atoms with Gasteiger partial charge in [-0.25, -0.2) is 0 Å². The van der Waals surface area contributed by atoms with Crippen molar-refractivity contribution < 1.29 is 15.3 Å². The predicted molar refractivity (Wildman–Crippen MR) is 65.7 cm³/mol. The molecule has 0 aromatic carbocycles. The predicted octanol–water partition coefficient (Wildman–Crippen LogP) is 1.11. The lowest BCUT2D eigenvalue weighted by molar-refractivity contribution is 0.246. The molecule has 2 atom stereocenters. The molecule has 2 unspecified atom stereocenters. The Balaban J connectivity index is 3.93. The van der Waals surface area contributed by atoms with Crippen molar-refractivity contribution in [3.05, 3.63) is 0 Å². The fraction of sp³-hybridized carbons (Fsp3) is 1.00. The molecule has 0 saturated carbocycles. The van der Waals surface area contributed by atoms with Crippen LogP contribution in [0, 0.1) is 11.8 Å². The summed E-state index contributed by atoms with van der Waals surface area (Å²) in [5.74, 6) is 0.696. The van der Waals surface area contributed by atoms with Crippen LogP contribution < -0.4 is 0 Å². The van der Waals surface area contributed by atoms with Gasteiger partial charge in [-0.1, -0.05) is 13.8 Å². The standard InChI is InChI=1S/C11H25O3P/c1-10(6-13)8-15(5-3-4-12)9-11(2)7-14/h10-14H,3-9H2,1-2H3. The Morgan fingerprint density at radius 3 is 1.73 bits per heavy atom. The highest BCUT2D eigenvalue weighted by Gasteiger charge is 2.14. The van der Waals surface area contributed by atoms with Gasteiger partial charge in [0.1, 0.15) is 0 Å². The largest absolute Gasteiger partial charge is 0.396 e. The van der Waals surface area contributed by atoms with Gasteiger partial charge in [0.25, 0.3) is 0 Å². The Morgan fingerprint density at radius 1 is 0.933 bits per heavy atom. The molecule has 0 bridgehead atoms. The van der Waals surface area contributed by atoms with Crippen LogP contribution in [0.1, 0.15) is 20.3 Å². The van der Waals surface area contributed by atoms with Crippen molar-refractivity contribution in [1.82, 2.24) is 0 Å². The van der Waals surface area contributed by atoms with E-state index in [0.29, 0.717) is 11.8 Å². The maximum Gasteiger partial charge on any atom is 0.0459 e.